The van der Waals surface area contributed by atoms with E-state index < -0.39 is 41.6 Å². The maximum absolute atomic E-state index is 13.0. The van der Waals surface area contributed by atoms with Crippen LogP contribution in [0.4, 0.5) is 4.79 Å². The van der Waals surface area contributed by atoms with Gasteiger partial charge in [-0.1, -0.05) is 32.4 Å². The largest absolute Gasteiger partial charge is 0.456 e. The lowest BCUT2D eigenvalue weighted by Gasteiger charge is -2.20. The van der Waals surface area contributed by atoms with Crippen molar-refractivity contribution in [2.45, 2.75) is 103 Å². The number of carbonyl (C=O) groups is 5. The lowest BCUT2D eigenvalue weighted by molar-refractivity contribution is -0.151. The van der Waals surface area contributed by atoms with E-state index in [1.807, 2.05) is 19.3 Å². The third-order valence-corrected chi connectivity index (χ3v) is 6.34. The van der Waals surface area contributed by atoms with Crippen LogP contribution < -0.4 is 16.0 Å². The lowest BCUT2D eigenvalue weighted by atomic mass is 10.1. The van der Waals surface area contributed by atoms with E-state index in [-0.39, 0.29) is 36.6 Å². The summed E-state index contributed by atoms with van der Waals surface area (Å²) in [6.45, 7) is 12.0. The standard InChI is InChI=1S/C30H44N4O7S/c1-9-12-13-14-20(17-19(4)35)40-28(38)22(11-3)34-26(36)21(10-2)33-27(37)23-15-16-25(42-8)24(32-23)18-31-29(39)41-30(5,6)7/h10,13-16,20,22H,9,11-12,17-18H2,1-8H3,(H,31,39)(H,33,37)(H,34,36)/b14-13+,21-10-/t20-,22+/m1/s1. The molecule has 1 aromatic rings. The molecule has 0 unspecified atom stereocenters. The summed E-state index contributed by atoms with van der Waals surface area (Å²) in [6, 6.07) is 2.21. The molecule has 0 radical (unpaired) electrons. The quantitative estimate of drug-likeness (QED) is 0.113. The molecule has 0 saturated carbocycles. The van der Waals surface area contributed by atoms with Crippen molar-refractivity contribution >= 4 is 41.4 Å². The van der Waals surface area contributed by atoms with Gasteiger partial charge in [0, 0.05) is 11.3 Å². The van der Waals surface area contributed by atoms with Crippen LogP contribution in [-0.2, 0) is 30.4 Å². The number of nitrogens with one attached hydrogen (secondary N) is 3. The van der Waals surface area contributed by atoms with Crippen LogP contribution in [0.2, 0.25) is 0 Å². The number of carbonyl (C=O) groups excluding carboxylic acids is 5. The number of hydrogen-bond acceptors (Lipinski definition) is 9. The maximum Gasteiger partial charge on any atom is 0.407 e. The summed E-state index contributed by atoms with van der Waals surface area (Å²) >= 11 is 1.40. The van der Waals surface area contributed by atoms with Gasteiger partial charge in [0.1, 0.15) is 34.9 Å². The van der Waals surface area contributed by atoms with Gasteiger partial charge in [-0.15, -0.1) is 11.8 Å². The second-order valence-corrected chi connectivity index (χ2v) is 11.2. The molecule has 1 heterocycles. The SMILES string of the molecule is C/C=C(\NC(=O)c1ccc(SC)c(CNC(=O)OC(C)(C)C)n1)C(=O)N[C@@H](CC)C(=O)O[C@H](/C=C/CCC)CC(C)=O. The van der Waals surface area contributed by atoms with Crippen LogP contribution in [0.3, 0.4) is 0 Å². The van der Waals surface area contributed by atoms with Crippen LogP contribution in [0.15, 0.2) is 41.0 Å². The number of Topliss-reactive ketones (excluding diaryl/α,β-unsaturated/α-hetero) is 1. The summed E-state index contributed by atoms with van der Waals surface area (Å²) in [7, 11) is 0. The number of allylic oxidation sites excluding steroid dienone is 2. The predicted molar refractivity (Wildman–Crippen MR) is 162 cm³/mol. The zero-order chi connectivity index (χ0) is 31.9. The third-order valence-electron chi connectivity index (χ3n) is 5.53. The molecule has 42 heavy (non-hydrogen) atoms. The summed E-state index contributed by atoms with van der Waals surface area (Å²) in [4.78, 5) is 67.7. The van der Waals surface area contributed by atoms with E-state index in [9.17, 15) is 24.0 Å². The van der Waals surface area contributed by atoms with Gasteiger partial charge < -0.3 is 25.4 Å². The zero-order valence-electron chi connectivity index (χ0n) is 25.8. The fraction of sp³-hybridized carbons (Fsp3) is 0.533. The second-order valence-electron chi connectivity index (χ2n) is 10.4. The summed E-state index contributed by atoms with van der Waals surface area (Å²) < 4.78 is 10.8. The van der Waals surface area contributed by atoms with Gasteiger partial charge in [0.25, 0.3) is 11.8 Å². The number of alkyl carbamates (subject to hydrolysis) is 1. The Kier molecular flexibility index (Phi) is 15.6. The summed E-state index contributed by atoms with van der Waals surface area (Å²) in [5, 5.41) is 7.76. The van der Waals surface area contributed by atoms with Crippen molar-refractivity contribution in [3.05, 3.63) is 47.4 Å². The van der Waals surface area contributed by atoms with Gasteiger partial charge in [0.15, 0.2) is 0 Å². The Labute approximate surface area is 252 Å². The minimum Gasteiger partial charge on any atom is -0.456 e. The van der Waals surface area contributed by atoms with Crippen molar-refractivity contribution in [3.8, 4) is 0 Å². The number of pyridine rings is 1. The highest BCUT2D eigenvalue weighted by Gasteiger charge is 2.26. The lowest BCUT2D eigenvalue weighted by Crippen LogP contribution is -2.45. The van der Waals surface area contributed by atoms with Crippen LogP contribution >= 0.6 is 11.8 Å². The van der Waals surface area contributed by atoms with Gasteiger partial charge in [0.05, 0.1) is 12.2 Å². The van der Waals surface area contributed by atoms with Gasteiger partial charge in [-0.3, -0.25) is 14.4 Å². The highest BCUT2D eigenvalue weighted by molar-refractivity contribution is 7.98. The topological polar surface area (TPSA) is 153 Å². The number of aromatic nitrogens is 1. The molecule has 0 saturated heterocycles. The first-order valence-electron chi connectivity index (χ1n) is 13.9. The van der Waals surface area contributed by atoms with E-state index in [0.717, 1.165) is 17.7 Å². The monoisotopic (exact) mass is 604 g/mol. The summed E-state index contributed by atoms with van der Waals surface area (Å²) in [5.41, 5.74) is -0.271. The average Bonchev–Trinajstić information content (AvgIpc) is 2.91. The highest BCUT2D eigenvalue weighted by atomic mass is 32.2. The number of nitrogens with zero attached hydrogens (tertiary/aromatic N) is 1. The Morgan fingerprint density at radius 2 is 1.81 bits per heavy atom. The average molecular weight is 605 g/mol. The molecule has 0 bridgehead atoms. The van der Waals surface area contributed by atoms with E-state index >= 15 is 0 Å². The van der Waals surface area contributed by atoms with Crippen molar-refractivity contribution in [2.24, 2.45) is 0 Å². The molecule has 3 N–H and O–H groups in total. The zero-order valence-corrected chi connectivity index (χ0v) is 26.6. The molecule has 0 aliphatic rings. The molecule has 0 aromatic carbocycles. The minimum absolute atomic E-state index is 0.0262. The molecular formula is C30H44N4O7S. The number of esters is 1. The Morgan fingerprint density at radius 3 is 2.36 bits per heavy atom. The maximum atomic E-state index is 13.0. The van der Waals surface area contributed by atoms with Gasteiger partial charge >= 0.3 is 12.1 Å². The molecule has 232 valence electrons. The molecule has 0 aliphatic carbocycles. The Bertz CT molecular complexity index is 1170. The van der Waals surface area contributed by atoms with Crippen LogP contribution in [0.1, 0.15) is 90.3 Å². The highest BCUT2D eigenvalue weighted by Crippen LogP contribution is 2.19. The van der Waals surface area contributed by atoms with Crippen LogP contribution in [0.25, 0.3) is 0 Å². The molecule has 1 rings (SSSR count). The summed E-state index contributed by atoms with van der Waals surface area (Å²) in [6.07, 6.45) is 7.37. The molecule has 0 fully saturated rings. The molecule has 11 nitrogen and oxygen atoms in total. The minimum atomic E-state index is -0.997. The predicted octanol–water partition coefficient (Wildman–Crippen LogP) is 4.60. The number of thioether (sulfide) groups is 1. The number of rotatable bonds is 15. The first-order chi connectivity index (χ1) is 19.7. The van der Waals surface area contributed by atoms with Gasteiger partial charge in [-0.2, -0.15) is 0 Å². The van der Waals surface area contributed by atoms with Crippen molar-refractivity contribution < 1.29 is 33.4 Å². The molecule has 3 amide bonds. The third kappa shape index (κ3) is 13.3. The fourth-order valence-electron chi connectivity index (χ4n) is 3.49. The number of unbranched alkanes of at least 4 members (excludes halogenated alkanes) is 1. The van der Waals surface area contributed by atoms with Crippen molar-refractivity contribution in [1.82, 2.24) is 20.9 Å². The first-order valence-corrected chi connectivity index (χ1v) is 15.1. The number of ketones is 1. The van der Waals surface area contributed by atoms with Gasteiger partial charge in [-0.05, 0) is 71.9 Å². The van der Waals surface area contributed by atoms with E-state index in [1.165, 1.54) is 30.8 Å². The van der Waals surface area contributed by atoms with E-state index in [1.54, 1.807) is 46.8 Å². The van der Waals surface area contributed by atoms with Gasteiger partial charge in [-0.25, -0.2) is 14.6 Å². The molecular weight excluding hydrogens is 560 g/mol. The molecule has 12 heteroatoms. The first kappa shape index (κ1) is 36.4. The fourth-order valence-corrected chi connectivity index (χ4v) is 4.04. The molecule has 2 atom stereocenters. The van der Waals surface area contributed by atoms with Crippen LogP contribution in [-0.4, -0.2) is 58.6 Å². The number of amides is 3. The van der Waals surface area contributed by atoms with Crippen molar-refractivity contribution in [1.29, 1.82) is 0 Å². The Morgan fingerprint density at radius 1 is 1.12 bits per heavy atom. The molecule has 0 spiro atoms. The number of hydrogen-bond donors (Lipinski definition) is 3. The number of ether oxygens (including phenoxy) is 2. The summed E-state index contributed by atoms with van der Waals surface area (Å²) in [5.74, 6) is -2.15. The van der Waals surface area contributed by atoms with E-state index in [4.69, 9.17) is 9.47 Å². The van der Waals surface area contributed by atoms with Gasteiger partial charge in [0.2, 0.25) is 0 Å². The van der Waals surface area contributed by atoms with Crippen molar-refractivity contribution in [2.75, 3.05) is 6.26 Å². The normalized spacial score (nSPS) is 13.2. The molecule has 0 aliphatic heterocycles. The smallest absolute Gasteiger partial charge is 0.407 e. The second kappa shape index (κ2) is 18.0. The van der Waals surface area contributed by atoms with Crippen LogP contribution in [0, 0.1) is 0 Å². The van der Waals surface area contributed by atoms with Crippen LogP contribution in [0.5, 0.6) is 0 Å². The van der Waals surface area contributed by atoms with E-state index in [2.05, 4.69) is 20.9 Å². The van der Waals surface area contributed by atoms with E-state index in [0.29, 0.717) is 5.69 Å². The molecule has 1 aromatic heterocycles. The Balaban J connectivity index is 2.95. The van der Waals surface area contributed by atoms with Crippen molar-refractivity contribution in [3.63, 3.8) is 0 Å². The Hall–Kier alpha value is -3.67.